The molecule has 0 aliphatic rings. The molecule has 3 nitrogen and oxygen atoms in total. The van der Waals surface area contributed by atoms with Gasteiger partial charge in [-0.1, -0.05) is 24.3 Å². The first-order chi connectivity index (χ1) is 9.04. The fourth-order valence-electron chi connectivity index (χ4n) is 2.10. The van der Waals surface area contributed by atoms with Gasteiger partial charge in [0.1, 0.15) is 0 Å². The van der Waals surface area contributed by atoms with Crippen LogP contribution in [0.4, 0.5) is 0 Å². The van der Waals surface area contributed by atoms with Crippen LogP contribution in [0.25, 0.3) is 0 Å². The Kier molecular flexibility index (Phi) is 4.38. The van der Waals surface area contributed by atoms with Crippen molar-refractivity contribution in [2.45, 2.75) is 39.3 Å². The van der Waals surface area contributed by atoms with E-state index in [2.05, 4.69) is 59.9 Å². The summed E-state index contributed by atoms with van der Waals surface area (Å²) >= 11 is 0. The van der Waals surface area contributed by atoms with Crippen LogP contribution < -0.4 is 5.32 Å². The largest absolute Gasteiger partial charge is 0.333 e. The topological polar surface area (TPSA) is 29.9 Å². The summed E-state index contributed by atoms with van der Waals surface area (Å²) in [5.74, 6) is 0. The fourth-order valence-corrected chi connectivity index (χ4v) is 2.10. The van der Waals surface area contributed by atoms with Crippen LogP contribution in [0.5, 0.6) is 0 Å². The third kappa shape index (κ3) is 4.52. The van der Waals surface area contributed by atoms with Gasteiger partial charge >= 0.3 is 0 Å². The smallest absolute Gasteiger partial charge is 0.0949 e. The molecule has 1 aromatic heterocycles. The quantitative estimate of drug-likeness (QED) is 0.892. The maximum Gasteiger partial charge on any atom is 0.0949 e. The zero-order valence-corrected chi connectivity index (χ0v) is 12.1. The van der Waals surface area contributed by atoms with Crippen LogP contribution in [0, 0.1) is 0 Å². The summed E-state index contributed by atoms with van der Waals surface area (Å²) in [7, 11) is 0. The van der Waals surface area contributed by atoms with Gasteiger partial charge in [-0.05, 0) is 44.9 Å². The van der Waals surface area contributed by atoms with Crippen LogP contribution >= 0.6 is 0 Å². The van der Waals surface area contributed by atoms with Crippen molar-refractivity contribution in [2.24, 2.45) is 0 Å². The Morgan fingerprint density at radius 1 is 1.16 bits per heavy atom. The molecular weight excluding hydrogens is 234 g/mol. The highest BCUT2D eigenvalue weighted by atomic mass is 15.0. The van der Waals surface area contributed by atoms with Crippen molar-refractivity contribution in [3.63, 3.8) is 0 Å². The van der Waals surface area contributed by atoms with E-state index < -0.39 is 0 Å². The molecule has 19 heavy (non-hydrogen) atoms. The SMILES string of the molecule is CC(C)(C)NCCc1ccccc1Cn1ccnc1. The van der Waals surface area contributed by atoms with Crippen molar-refractivity contribution in [2.75, 3.05) is 6.54 Å². The summed E-state index contributed by atoms with van der Waals surface area (Å²) in [6.45, 7) is 8.50. The van der Waals surface area contributed by atoms with Crippen LogP contribution in [-0.2, 0) is 13.0 Å². The molecule has 0 atom stereocenters. The van der Waals surface area contributed by atoms with Gasteiger partial charge in [0.25, 0.3) is 0 Å². The highest BCUT2D eigenvalue weighted by Crippen LogP contribution is 2.11. The van der Waals surface area contributed by atoms with Gasteiger partial charge in [-0.15, -0.1) is 0 Å². The molecule has 0 saturated carbocycles. The number of nitrogens with zero attached hydrogens (tertiary/aromatic N) is 2. The van der Waals surface area contributed by atoms with E-state index in [1.54, 1.807) is 0 Å². The lowest BCUT2D eigenvalue weighted by Gasteiger charge is -2.21. The average molecular weight is 257 g/mol. The monoisotopic (exact) mass is 257 g/mol. The number of hydrogen-bond acceptors (Lipinski definition) is 2. The predicted octanol–water partition coefficient (Wildman–Crippen LogP) is 2.86. The Bertz CT molecular complexity index is 495. The molecule has 0 spiro atoms. The van der Waals surface area contributed by atoms with Crippen LogP contribution in [0.2, 0.25) is 0 Å². The number of imidazole rings is 1. The Hall–Kier alpha value is -1.61. The molecule has 1 N–H and O–H groups in total. The molecule has 0 unspecified atom stereocenters. The lowest BCUT2D eigenvalue weighted by molar-refractivity contribution is 0.429. The summed E-state index contributed by atoms with van der Waals surface area (Å²) in [6, 6.07) is 8.64. The van der Waals surface area contributed by atoms with E-state index in [9.17, 15) is 0 Å². The third-order valence-corrected chi connectivity index (χ3v) is 3.08. The van der Waals surface area contributed by atoms with Crippen LogP contribution in [0.15, 0.2) is 43.0 Å². The van der Waals surface area contributed by atoms with Gasteiger partial charge in [0.2, 0.25) is 0 Å². The highest BCUT2D eigenvalue weighted by molar-refractivity contribution is 5.27. The molecule has 2 aromatic rings. The number of hydrogen-bond donors (Lipinski definition) is 1. The Balaban J connectivity index is 2.00. The zero-order chi connectivity index (χ0) is 13.7. The number of aromatic nitrogens is 2. The summed E-state index contributed by atoms with van der Waals surface area (Å²) in [6.07, 6.45) is 6.75. The number of benzene rings is 1. The molecule has 1 aromatic carbocycles. The minimum atomic E-state index is 0.180. The first-order valence-electron chi connectivity index (χ1n) is 6.82. The maximum atomic E-state index is 4.09. The molecule has 0 aliphatic carbocycles. The maximum absolute atomic E-state index is 4.09. The van der Waals surface area contributed by atoms with Crippen molar-refractivity contribution in [1.29, 1.82) is 0 Å². The van der Waals surface area contributed by atoms with Crippen molar-refractivity contribution in [1.82, 2.24) is 14.9 Å². The van der Waals surface area contributed by atoms with Gasteiger partial charge in [0.05, 0.1) is 6.33 Å². The Morgan fingerprint density at radius 3 is 2.53 bits per heavy atom. The van der Waals surface area contributed by atoms with Crippen LogP contribution in [0.3, 0.4) is 0 Å². The molecule has 0 bridgehead atoms. The normalized spacial score (nSPS) is 11.7. The van der Waals surface area contributed by atoms with Gasteiger partial charge in [0, 0.05) is 24.5 Å². The van der Waals surface area contributed by atoms with Crippen molar-refractivity contribution < 1.29 is 0 Å². The highest BCUT2D eigenvalue weighted by Gasteiger charge is 2.09. The van der Waals surface area contributed by atoms with E-state index in [4.69, 9.17) is 0 Å². The summed E-state index contributed by atoms with van der Waals surface area (Å²) in [4.78, 5) is 4.09. The molecular formula is C16H23N3. The van der Waals surface area contributed by atoms with Crippen LogP contribution in [-0.4, -0.2) is 21.6 Å². The first kappa shape index (κ1) is 13.8. The van der Waals surface area contributed by atoms with Gasteiger partial charge in [-0.3, -0.25) is 0 Å². The first-order valence-corrected chi connectivity index (χ1v) is 6.82. The van der Waals surface area contributed by atoms with E-state index >= 15 is 0 Å². The van der Waals surface area contributed by atoms with E-state index in [0.29, 0.717) is 0 Å². The Morgan fingerprint density at radius 2 is 1.89 bits per heavy atom. The molecule has 3 heteroatoms. The lowest BCUT2D eigenvalue weighted by atomic mass is 10.0. The van der Waals surface area contributed by atoms with Gasteiger partial charge in [-0.2, -0.15) is 0 Å². The molecule has 0 saturated heterocycles. The third-order valence-electron chi connectivity index (χ3n) is 3.08. The van der Waals surface area contributed by atoms with Crippen molar-refractivity contribution in [3.8, 4) is 0 Å². The average Bonchev–Trinajstić information content (AvgIpc) is 2.82. The van der Waals surface area contributed by atoms with E-state index in [-0.39, 0.29) is 5.54 Å². The van der Waals surface area contributed by atoms with Crippen LogP contribution in [0.1, 0.15) is 31.9 Å². The standard InChI is InChI=1S/C16H23N3/c1-16(2,3)18-9-8-14-6-4-5-7-15(14)12-19-11-10-17-13-19/h4-7,10-11,13,18H,8-9,12H2,1-3H3. The summed E-state index contributed by atoms with van der Waals surface area (Å²) < 4.78 is 2.11. The zero-order valence-electron chi connectivity index (χ0n) is 12.1. The summed E-state index contributed by atoms with van der Waals surface area (Å²) in [5, 5.41) is 3.54. The van der Waals surface area contributed by atoms with Gasteiger partial charge in [-0.25, -0.2) is 4.98 Å². The molecule has 102 valence electrons. The second kappa shape index (κ2) is 6.02. The summed E-state index contributed by atoms with van der Waals surface area (Å²) in [5.41, 5.74) is 2.96. The predicted molar refractivity (Wildman–Crippen MR) is 79.2 cm³/mol. The number of nitrogens with one attached hydrogen (secondary N) is 1. The van der Waals surface area contributed by atoms with E-state index in [0.717, 1.165) is 19.5 Å². The minimum absolute atomic E-state index is 0.180. The molecule has 2 rings (SSSR count). The van der Waals surface area contributed by atoms with E-state index in [1.165, 1.54) is 11.1 Å². The van der Waals surface area contributed by atoms with E-state index in [1.807, 2.05) is 18.7 Å². The van der Waals surface area contributed by atoms with Crippen molar-refractivity contribution in [3.05, 3.63) is 54.1 Å². The Labute approximate surface area is 115 Å². The fraction of sp³-hybridized carbons (Fsp3) is 0.438. The molecule has 0 fully saturated rings. The minimum Gasteiger partial charge on any atom is -0.333 e. The van der Waals surface area contributed by atoms with Crippen molar-refractivity contribution >= 4 is 0 Å². The van der Waals surface area contributed by atoms with Gasteiger partial charge in [0.15, 0.2) is 0 Å². The second-order valence-corrected chi connectivity index (χ2v) is 5.93. The molecule has 1 heterocycles. The molecule has 0 aliphatic heterocycles. The number of rotatable bonds is 5. The molecule has 0 radical (unpaired) electrons. The molecule has 0 amide bonds. The second-order valence-electron chi connectivity index (χ2n) is 5.93. The van der Waals surface area contributed by atoms with Gasteiger partial charge < -0.3 is 9.88 Å². The lowest BCUT2D eigenvalue weighted by Crippen LogP contribution is -2.37.